The molecule has 3 rings (SSSR count). The Morgan fingerprint density at radius 1 is 0.848 bits per heavy atom. The molecule has 0 saturated carbocycles. The number of benzene rings is 1. The maximum Gasteiger partial charge on any atom is 0.236 e. The second kappa shape index (κ2) is 12.2. The molecule has 0 atom stereocenters. The number of rotatable bonds is 9. The summed E-state index contributed by atoms with van der Waals surface area (Å²) in [5, 5.41) is 0. The lowest BCUT2D eigenvalue weighted by molar-refractivity contribution is -0.136. The van der Waals surface area contributed by atoms with Crippen LogP contribution in [0, 0.1) is 0 Å². The lowest BCUT2D eigenvalue weighted by atomic mass is 10.1. The summed E-state index contributed by atoms with van der Waals surface area (Å²) in [5.74, 6) is 1.69. The van der Waals surface area contributed by atoms with Crippen molar-refractivity contribution >= 4 is 11.8 Å². The Morgan fingerprint density at radius 2 is 1.45 bits per heavy atom. The van der Waals surface area contributed by atoms with Crippen LogP contribution in [0.15, 0.2) is 18.2 Å². The summed E-state index contributed by atoms with van der Waals surface area (Å²) in [6.07, 6.45) is 2.61. The summed E-state index contributed by atoms with van der Waals surface area (Å²) in [7, 11) is 3.22. The van der Waals surface area contributed by atoms with Crippen LogP contribution in [-0.2, 0) is 16.0 Å². The third-order valence-corrected chi connectivity index (χ3v) is 7.04. The molecule has 2 saturated heterocycles. The fourth-order valence-electron chi connectivity index (χ4n) is 4.88. The van der Waals surface area contributed by atoms with Gasteiger partial charge in [-0.3, -0.25) is 19.4 Å². The average Bonchev–Trinajstić information content (AvgIpc) is 2.85. The van der Waals surface area contributed by atoms with Crippen LogP contribution in [-0.4, -0.2) is 111 Å². The Morgan fingerprint density at radius 3 is 2.03 bits per heavy atom. The first kappa shape index (κ1) is 25.3. The van der Waals surface area contributed by atoms with E-state index in [1.54, 1.807) is 14.2 Å². The number of amides is 2. The third kappa shape index (κ3) is 6.60. The van der Waals surface area contributed by atoms with E-state index in [4.69, 9.17) is 9.47 Å². The number of hydrogen-bond acceptors (Lipinski definition) is 6. The third-order valence-electron chi connectivity index (χ3n) is 7.04. The molecular weight excluding hydrogens is 420 g/mol. The van der Waals surface area contributed by atoms with Gasteiger partial charge < -0.3 is 19.3 Å². The molecule has 33 heavy (non-hydrogen) atoms. The Kier molecular flexibility index (Phi) is 9.38. The van der Waals surface area contributed by atoms with Crippen molar-refractivity contribution in [1.29, 1.82) is 0 Å². The van der Waals surface area contributed by atoms with E-state index in [1.807, 2.05) is 28.0 Å². The van der Waals surface area contributed by atoms with Crippen LogP contribution in [0.3, 0.4) is 0 Å². The molecule has 0 bridgehead atoms. The largest absolute Gasteiger partial charge is 0.497 e. The molecule has 0 N–H and O–H groups in total. The molecule has 2 aliphatic rings. The highest BCUT2D eigenvalue weighted by Crippen LogP contribution is 2.25. The van der Waals surface area contributed by atoms with Gasteiger partial charge in [-0.1, -0.05) is 13.8 Å². The van der Waals surface area contributed by atoms with Crippen molar-refractivity contribution in [2.24, 2.45) is 0 Å². The Balaban J connectivity index is 1.44. The molecule has 0 aliphatic carbocycles. The van der Waals surface area contributed by atoms with Gasteiger partial charge >= 0.3 is 0 Å². The van der Waals surface area contributed by atoms with Crippen molar-refractivity contribution in [3.05, 3.63) is 23.8 Å². The standard InChI is InChI=1S/C25H40N4O4/c1-5-21(6-2)27-13-15-29(16-14-27)25(31)19-26-9-11-28(12-10-26)24(30)18-20-17-22(32-3)7-8-23(20)33-4/h7-8,17,21H,5-6,9-16,18-19H2,1-4H3. The van der Waals surface area contributed by atoms with E-state index in [-0.39, 0.29) is 18.2 Å². The molecule has 2 amide bonds. The number of piperazine rings is 2. The zero-order valence-electron chi connectivity index (χ0n) is 20.7. The van der Waals surface area contributed by atoms with E-state index < -0.39 is 0 Å². The van der Waals surface area contributed by atoms with Gasteiger partial charge in [-0.15, -0.1) is 0 Å². The van der Waals surface area contributed by atoms with E-state index in [1.165, 1.54) is 0 Å². The summed E-state index contributed by atoms with van der Waals surface area (Å²) in [4.78, 5) is 34.3. The first-order valence-electron chi connectivity index (χ1n) is 12.2. The van der Waals surface area contributed by atoms with Crippen molar-refractivity contribution in [1.82, 2.24) is 19.6 Å². The molecule has 0 radical (unpaired) electrons. The van der Waals surface area contributed by atoms with Gasteiger partial charge in [0.25, 0.3) is 0 Å². The molecule has 2 heterocycles. The van der Waals surface area contributed by atoms with Gasteiger partial charge in [0.05, 0.1) is 27.2 Å². The van der Waals surface area contributed by atoms with Crippen LogP contribution in [0.4, 0.5) is 0 Å². The van der Waals surface area contributed by atoms with Crippen molar-refractivity contribution < 1.29 is 19.1 Å². The van der Waals surface area contributed by atoms with Crippen LogP contribution in [0.25, 0.3) is 0 Å². The van der Waals surface area contributed by atoms with E-state index in [2.05, 4.69) is 23.6 Å². The summed E-state index contributed by atoms with van der Waals surface area (Å²) in [5.41, 5.74) is 0.826. The van der Waals surface area contributed by atoms with Crippen LogP contribution in [0.5, 0.6) is 11.5 Å². The Labute approximate surface area is 198 Å². The summed E-state index contributed by atoms with van der Waals surface area (Å²) < 4.78 is 10.7. The molecule has 0 spiro atoms. The van der Waals surface area contributed by atoms with Gasteiger partial charge in [0.2, 0.25) is 11.8 Å². The maximum atomic E-state index is 12.9. The number of nitrogens with zero attached hydrogens (tertiary/aromatic N) is 4. The number of carbonyl (C=O) groups excluding carboxylic acids is 2. The van der Waals surface area contributed by atoms with E-state index in [9.17, 15) is 9.59 Å². The molecule has 8 nitrogen and oxygen atoms in total. The highest BCUT2D eigenvalue weighted by Gasteiger charge is 2.28. The van der Waals surface area contributed by atoms with Crippen molar-refractivity contribution in [3.63, 3.8) is 0 Å². The van der Waals surface area contributed by atoms with Gasteiger partial charge in [-0.25, -0.2) is 0 Å². The zero-order valence-corrected chi connectivity index (χ0v) is 20.7. The predicted molar refractivity (Wildman–Crippen MR) is 129 cm³/mol. The maximum absolute atomic E-state index is 12.9. The average molecular weight is 461 g/mol. The number of carbonyl (C=O) groups is 2. The SMILES string of the molecule is CCC(CC)N1CCN(C(=O)CN2CCN(C(=O)Cc3cc(OC)ccc3OC)CC2)CC1. The quantitative estimate of drug-likeness (QED) is 0.559. The number of methoxy groups -OCH3 is 2. The minimum atomic E-state index is 0.0741. The fraction of sp³-hybridized carbons (Fsp3) is 0.680. The highest BCUT2D eigenvalue weighted by atomic mass is 16.5. The van der Waals surface area contributed by atoms with Crippen molar-refractivity contribution in [2.45, 2.75) is 39.2 Å². The topological polar surface area (TPSA) is 65.6 Å². The lowest BCUT2D eigenvalue weighted by Crippen LogP contribution is -2.55. The monoisotopic (exact) mass is 460 g/mol. The van der Waals surface area contributed by atoms with Gasteiger partial charge in [-0.05, 0) is 31.0 Å². The Hall–Kier alpha value is -2.32. The molecule has 184 valence electrons. The number of hydrogen-bond donors (Lipinski definition) is 0. The van der Waals surface area contributed by atoms with Crippen LogP contribution < -0.4 is 9.47 Å². The predicted octanol–water partition coefficient (Wildman–Crippen LogP) is 1.72. The molecule has 1 aromatic carbocycles. The van der Waals surface area contributed by atoms with Gasteiger partial charge in [0.15, 0.2) is 0 Å². The highest BCUT2D eigenvalue weighted by molar-refractivity contribution is 5.80. The fourth-order valence-corrected chi connectivity index (χ4v) is 4.88. The number of ether oxygens (including phenoxy) is 2. The molecular formula is C25H40N4O4. The second-order valence-electron chi connectivity index (χ2n) is 8.90. The molecule has 1 aromatic rings. The van der Waals surface area contributed by atoms with E-state index >= 15 is 0 Å². The molecule has 2 aliphatic heterocycles. The van der Waals surface area contributed by atoms with Gasteiger partial charge in [0.1, 0.15) is 11.5 Å². The first-order chi connectivity index (χ1) is 16.0. The Bertz CT molecular complexity index is 783. The van der Waals surface area contributed by atoms with E-state index in [0.29, 0.717) is 37.2 Å². The molecule has 8 heteroatoms. The minimum absolute atomic E-state index is 0.0741. The summed E-state index contributed by atoms with van der Waals surface area (Å²) in [6, 6.07) is 6.14. The zero-order chi connectivity index (χ0) is 23.8. The van der Waals surface area contributed by atoms with E-state index in [0.717, 1.165) is 57.7 Å². The second-order valence-corrected chi connectivity index (χ2v) is 8.90. The van der Waals surface area contributed by atoms with Crippen molar-refractivity contribution in [2.75, 3.05) is 73.1 Å². The first-order valence-corrected chi connectivity index (χ1v) is 12.2. The molecule has 2 fully saturated rings. The van der Waals surface area contributed by atoms with Crippen molar-refractivity contribution in [3.8, 4) is 11.5 Å². The van der Waals surface area contributed by atoms with Crippen LogP contribution in [0.2, 0.25) is 0 Å². The summed E-state index contributed by atoms with van der Waals surface area (Å²) in [6.45, 7) is 11.2. The molecule has 0 aromatic heterocycles. The van der Waals surface area contributed by atoms with Gasteiger partial charge in [-0.2, -0.15) is 0 Å². The normalized spacial score (nSPS) is 18.0. The van der Waals surface area contributed by atoms with Crippen LogP contribution in [0.1, 0.15) is 32.3 Å². The van der Waals surface area contributed by atoms with Gasteiger partial charge in [0, 0.05) is 64.0 Å². The smallest absolute Gasteiger partial charge is 0.236 e. The molecule has 0 unspecified atom stereocenters. The lowest BCUT2D eigenvalue weighted by Gasteiger charge is -2.40. The van der Waals surface area contributed by atoms with Crippen LogP contribution >= 0.6 is 0 Å². The summed E-state index contributed by atoms with van der Waals surface area (Å²) >= 11 is 0. The minimum Gasteiger partial charge on any atom is -0.497 e.